The molecule has 0 bridgehead atoms. The van der Waals surface area contributed by atoms with Gasteiger partial charge in [-0.05, 0) is 88.8 Å². The highest BCUT2D eigenvalue weighted by Gasteiger charge is 2.35. The highest BCUT2D eigenvalue weighted by molar-refractivity contribution is 7.75. The normalized spacial score (nSPS) is 29.6. The monoisotopic (exact) mass is 480 g/mol. The van der Waals surface area contributed by atoms with Gasteiger partial charge in [0.2, 0.25) is 0 Å². The first kappa shape index (κ1) is 25.2. The van der Waals surface area contributed by atoms with Crippen molar-refractivity contribution < 1.29 is 25.2 Å². The summed E-state index contributed by atoms with van der Waals surface area (Å²) in [5, 5.41) is 0. The molecule has 4 rings (SSSR count). The third-order valence-corrected chi connectivity index (χ3v) is 7.37. The lowest BCUT2D eigenvalue weighted by Gasteiger charge is -2.17. The molecular formula is C24H32O6S2. The van der Waals surface area contributed by atoms with E-state index >= 15 is 0 Å². The molecule has 0 aliphatic carbocycles. The zero-order valence-electron chi connectivity index (χ0n) is 19.9. The molecular weight excluding hydrogens is 448 g/mol. The molecule has 2 saturated heterocycles. The Morgan fingerprint density at radius 3 is 1.06 bits per heavy atom. The molecule has 4 unspecified atom stereocenters. The Kier molecular flexibility index (Phi) is 8.06. The first-order valence-corrected chi connectivity index (χ1v) is 12.7. The van der Waals surface area contributed by atoms with Crippen LogP contribution >= 0.6 is 0 Å². The van der Waals surface area contributed by atoms with Gasteiger partial charge in [-0.2, -0.15) is 8.42 Å². The van der Waals surface area contributed by atoms with Crippen LogP contribution in [0.3, 0.4) is 0 Å². The molecule has 2 aromatic rings. The van der Waals surface area contributed by atoms with E-state index in [1.807, 2.05) is 41.5 Å². The summed E-state index contributed by atoms with van der Waals surface area (Å²) in [5.74, 6) is 0. The van der Waals surface area contributed by atoms with Crippen molar-refractivity contribution in [2.24, 2.45) is 0 Å². The summed E-state index contributed by atoms with van der Waals surface area (Å²) in [7, 11) is 0. The summed E-state index contributed by atoms with van der Waals surface area (Å²) in [6.45, 7) is 16.1. The average Bonchev–Trinajstić information content (AvgIpc) is 3.14. The lowest BCUT2D eigenvalue weighted by Crippen LogP contribution is -2.13. The third kappa shape index (κ3) is 5.55. The summed E-state index contributed by atoms with van der Waals surface area (Å²) < 4.78 is 43.2. The second-order valence-electron chi connectivity index (χ2n) is 8.67. The molecule has 2 heterocycles. The van der Waals surface area contributed by atoms with Crippen molar-refractivity contribution in [2.75, 3.05) is 0 Å². The number of benzene rings is 2. The van der Waals surface area contributed by atoms with E-state index < -0.39 is 22.7 Å². The molecule has 0 spiro atoms. The summed E-state index contributed by atoms with van der Waals surface area (Å²) in [6.07, 6.45) is -0.773. The van der Waals surface area contributed by atoms with E-state index in [-0.39, 0.29) is 24.4 Å². The number of aryl methyl sites for hydroxylation is 6. The lowest BCUT2D eigenvalue weighted by molar-refractivity contribution is 0.172. The van der Waals surface area contributed by atoms with Crippen LogP contribution in [0.2, 0.25) is 0 Å². The van der Waals surface area contributed by atoms with Crippen LogP contribution in [0.1, 0.15) is 70.6 Å². The maximum Gasteiger partial charge on any atom is 0.305 e. The van der Waals surface area contributed by atoms with Crippen LogP contribution in [0.4, 0.5) is 0 Å². The molecule has 2 aliphatic rings. The van der Waals surface area contributed by atoms with Crippen molar-refractivity contribution in [3.63, 3.8) is 0 Å². The van der Waals surface area contributed by atoms with E-state index in [9.17, 15) is 8.42 Å². The van der Waals surface area contributed by atoms with E-state index in [0.717, 1.165) is 33.4 Å². The van der Waals surface area contributed by atoms with Gasteiger partial charge in [0, 0.05) is 0 Å². The SMILES string of the molecule is Cc1cc(C)c(C2OS(=O)O[C@@H]2C)c(C)c1.Cc1cc(C)c(C2OS(=O)O[C@@H]2C)c(C)c1. The molecule has 176 valence electrons. The summed E-state index contributed by atoms with van der Waals surface area (Å²) in [4.78, 5) is 0. The minimum Gasteiger partial charge on any atom is -0.262 e. The number of rotatable bonds is 2. The minimum absolute atomic E-state index is 0.166. The van der Waals surface area contributed by atoms with Crippen LogP contribution in [-0.2, 0) is 39.5 Å². The van der Waals surface area contributed by atoms with E-state index in [1.165, 1.54) is 11.1 Å². The predicted octanol–water partition coefficient (Wildman–Crippen LogP) is 5.33. The van der Waals surface area contributed by atoms with E-state index in [1.54, 1.807) is 0 Å². The van der Waals surface area contributed by atoms with E-state index in [2.05, 4.69) is 38.1 Å². The van der Waals surface area contributed by atoms with Gasteiger partial charge < -0.3 is 0 Å². The standard InChI is InChI=1S/2C12H16O3S/c2*1-7-5-8(2)11(9(3)6-7)12-10(4)14-16(13)15-12/h2*5-6,10,12H,1-4H3/t2*10-,12?,16?/m11/s1. The first-order chi connectivity index (χ1) is 15.0. The Balaban J connectivity index is 0.000000181. The Hall–Kier alpha value is -1.42. The van der Waals surface area contributed by atoms with Crippen LogP contribution in [0.25, 0.3) is 0 Å². The summed E-state index contributed by atoms with van der Waals surface area (Å²) >= 11 is -3.21. The predicted molar refractivity (Wildman–Crippen MR) is 126 cm³/mol. The van der Waals surface area contributed by atoms with Crippen LogP contribution in [-0.4, -0.2) is 20.6 Å². The van der Waals surface area contributed by atoms with Crippen LogP contribution in [0.5, 0.6) is 0 Å². The molecule has 6 nitrogen and oxygen atoms in total. The Bertz CT molecular complexity index is 921. The topological polar surface area (TPSA) is 71.1 Å². The van der Waals surface area contributed by atoms with Gasteiger partial charge in [-0.25, -0.2) is 0 Å². The van der Waals surface area contributed by atoms with Crippen LogP contribution in [0.15, 0.2) is 24.3 Å². The molecule has 0 aromatic heterocycles. The Morgan fingerprint density at radius 2 is 0.844 bits per heavy atom. The van der Waals surface area contributed by atoms with Gasteiger partial charge in [-0.3, -0.25) is 16.7 Å². The Morgan fingerprint density at radius 1 is 0.562 bits per heavy atom. The van der Waals surface area contributed by atoms with Crippen molar-refractivity contribution >= 4 is 22.7 Å². The van der Waals surface area contributed by atoms with Crippen LogP contribution < -0.4 is 0 Å². The van der Waals surface area contributed by atoms with Gasteiger partial charge in [-0.1, -0.05) is 35.4 Å². The van der Waals surface area contributed by atoms with Gasteiger partial charge in [0.15, 0.2) is 0 Å². The van der Waals surface area contributed by atoms with Crippen molar-refractivity contribution in [1.29, 1.82) is 0 Å². The van der Waals surface area contributed by atoms with Gasteiger partial charge >= 0.3 is 22.7 Å². The van der Waals surface area contributed by atoms with Crippen molar-refractivity contribution in [3.05, 3.63) is 68.8 Å². The van der Waals surface area contributed by atoms with Gasteiger partial charge in [0.05, 0.1) is 0 Å². The molecule has 6 atom stereocenters. The molecule has 2 fully saturated rings. The number of hydrogen-bond acceptors (Lipinski definition) is 6. The maximum absolute atomic E-state index is 11.2. The van der Waals surface area contributed by atoms with Gasteiger partial charge in [-0.15, -0.1) is 0 Å². The van der Waals surface area contributed by atoms with Crippen molar-refractivity contribution in [1.82, 2.24) is 0 Å². The average molecular weight is 481 g/mol. The fourth-order valence-corrected chi connectivity index (χ4v) is 6.20. The summed E-state index contributed by atoms with van der Waals surface area (Å²) in [6, 6.07) is 8.44. The molecule has 0 amide bonds. The van der Waals surface area contributed by atoms with E-state index in [0.29, 0.717) is 0 Å². The fourth-order valence-electron chi connectivity index (χ4n) is 4.57. The minimum atomic E-state index is -1.61. The summed E-state index contributed by atoms with van der Waals surface area (Å²) in [5.41, 5.74) is 9.31. The van der Waals surface area contributed by atoms with Crippen molar-refractivity contribution in [2.45, 2.75) is 79.8 Å². The highest BCUT2D eigenvalue weighted by atomic mass is 32.2. The molecule has 2 aliphatic heterocycles. The second-order valence-corrected chi connectivity index (χ2v) is 10.3. The zero-order valence-corrected chi connectivity index (χ0v) is 21.5. The molecule has 32 heavy (non-hydrogen) atoms. The second kappa shape index (κ2) is 10.2. The highest BCUT2D eigenvalue weighted by Crippen LogP contribution is 2.36. The smallest absolute Gasteiger partial charge is 0.262 e. The molecule has 8 heteroatoms. The quantitative estimate of drug-likeness (QED) is 0.578. The molecule has 2 aromatic carbocycles. The molecule has 0 saturated carbocycles. The van der Waals surface area contributed by atoms with Gasteiger partial charge in [0.1, 0.15) is 24.4 Å². The van der Waals surface area contributed by atoms with E-state index in [4.69, 9.17) is 16.7 Å². The first-order valence-electron chi connectivity index (χ1n) is 10.7. The maximum atomic E-state index is 11.2. The third-order valence-electron chi connectivity index (χ3n) is 5.72. The van der Waals surface area contributed by atoms with Gasteiger partial charge in [0.25, 0.3) is 0 Å². The van der Waals surface area contributed by atoms with Crippen molar-refractivity contribution in [3.8, 4) is 0 Å². The fraction of sp³-hybridized carbons (Fsp3) is 0.500. The Labute approximate surface area is 196 Å². The largest absolute Gasteiger partial charge is 0.305 e. The number of hydrogen-bond donors (Lipinski definition) is 0. The zero-order chi connectivity index (χ0) is 23.7. The lowest BCUT2D eigenvalue weighted by atomic mass is 9.93. The molecule has 0 radical (unpaired) electrons. The molecule has 0 N–H and O–H groups in total. The van der Waals surface area contributed by atoms with Crippen LogP contribution in [0, 0.1) is 41.5 Å².